The second-order valence-electron chi connectivity index (χ2n) is 6.39. The SMILES string of the molecule is CC[C@@H](C(=O)NC)N(Cc1ccc(OC)cc1)C(=O)CCc1ccccc1. The van der Waals surface area contributed by atoms with Gasteiger partial charge in [0.25, 0.3) is 0 Å². The van der Waals surface area contributed by atoms with Crippen LogP contribution in [0.2, 0.25) is 0 Å². The van der Waals surface area contributed by atoms with Crippen molar-refractivity contribution in [2.24, 2.45) is 0 Å². The van der Waals surface area contributed by atoms with Crippen LogP contribution in [-0.4, -0.2) is 36.9 Å². The zero-order valence-electron chi connectivity index (χ0n) is 16.3. The summed E-state index contributed by atoms with van der Waals surface area (Å²) in [6.07, 6.45) is 1.59. The van der Waals surface area contributed by atoms with E-state index in [0.29, 0.717) is 25.8 Å². The number of likely N-dealkylation sites (N-methyl/N-ethyl adjacent to an activating group) is 1. The van der Waals surface area contributed by atoms with Crippen LogP contribution in [0.25, 0.3) is 0 Å². The quantitative estimate of drug-likeness (QED) is 0.740. The van der Waals surface area contributed by atoms with Crippen LogP contribution in [0.15, 0.2) is 54.6 Å². The molecule has 0 aliphatic heterocycles. The Hall–Kier alpha value is -2.82. The summed E-state index contributed by atoms with van der Waals surface area (Å²) in [5, 5.41) is 2.68. The van der Waals surface area contributed by atoms with Gasteiger partial charge in [0.1, 0.15) is 11.8 Å². The molecule has 0 saturated heterocycles. The highest BCUT2D eigenvalue weighted by Crippen LogP contribution is 2.17. The van der Waals surface area contributed by atoms with E-state index in [2.05, 4.69) is 5.32 Å². The predicted octanol–water partition coefficient (Wildman–Crippen LogP) is 3.18. The highest BCUT2D eigenvalue weighted by molar-refractivity contribution is 5.87. The van der Waals surface area contributed by atoms with Gasteiger partial charge in [-0.25, -0.2) is 0 Å². The normalized spacial score (nSPS) is 11.5. The number of methoxy groups -OCH3 is 1. The summed E-state index contributed by atoms with van der Waals surface area (Å²) in [5.74, 6) is 0.600. The Bertz CT molecular complexity index is 729. The van der Waals surface area contributed by atoms with E-state index in [1.54, 1.807) is 19.1 Å². The number of carbonyl (C=O) groups excluding carboxylic acids is 2. The average Bonchev–Trinajstić information content (AvgIpc) is 2.72. The molecule has 0 unspecified atom stereocenters. The van der Waals surface area contributed by atoms with Crippen LogP contribution in [0.3, 0.4) is 0 Å². The van der Waals surface area contributed by atoms with Crippen molar-refractivity contribution in [2.45, 2.75) is 38.8 Å². The molecule has 2 rings (SSSR count). The van der Waals surface area contributed by atoms with Gasteiger partial charge in [-0.15, -0.1) is 0 Å². The number of hydrogen-bond donors (Lipinski definition) is 1. The van der Waals surface area contributed by atoms with E-state index in [-0.39, 0.29) is 11.8 Å². The molecule has 0 heterocycles. The van der Waals surface area contributed by atoms with Crippen LogP contribution in [0.5, 0.6) is 5.75 Å². The fourth-order valence-electron chi connectivity index (χ4n) is 3.05. The molecule has 0 saturated carbocycles. The Morgan fingerprint density at radius 1 is 1.04 bits per heavy atom. The van der Waals surface area contributed by atoms with Crippen molar-refractivity contribution in [1.82, 2.24) is 10.2 Å². The fourth-order valence-corrected chi connectivity index (χ4v) is 3.05. The van der Waals surface area contributed by atoms with Crippen molar-refractivity contribution in [1.29, 1.82) is 0 Å². The lowest BCUT2D eigenvalue weighted by Gasteiger charge is -2.30. The van der Waals surface area contributed by atoms with E-state index >= 15 is 0 Å². The van der Waals surface area contributed by atoms with Crippen LogP contribution in [0.4, 0.5) is 0 Å². The molecule has 1 atom stereocenters. The van der Waals surface area contributed by atoms with Gasteiger partial charge in [0.05, 0.1) is 7.11 Å². The van der Waals surface area contributed by atoms with Crippen LogP contribution in [-0.2, 0) is 22.6 Å². The highest BCUT2D eigenvalue weighted by Gasteiger charge is 2.27. The first-order valence-corrected chi connectivity index (χ1v) is 9.27. The van der Waals surface area contributed by atoms with Gasteiger partial charge in [-0.3, -0.25) is 9.59 Å². The molecular weight excluding hydrogens is 340 g/mol. The standard InChI is InChI=1S/C22H28N2O3/c1-4-20(22(26)23-2)24(16-18-10-13-19(27-3)14-11-18)21(25)15-12-17-8-6-5-7-9-17/h5-11,13-14,20H,4,12,15-16H2,1-3H3,(H,23,26)/t20-/m0/s1. The molecule has 0 aliphatic rings. The van der Waals surface area contributed by atoms with Gasteiger partial charge in [-0.1, -0.05) is 49.4 Å². The minimum absolute atomic E-state index is 0.0230. The average molecular weight is 368 g/mol. The van der Waals surface area contributed by atoms with Gasteiger partial charge in [-0.2, -0.15) is 0 Å². The van der Waals surface area contributed by atoms with Crippen molar-refractivity contribution in [2.75, 3.05) is 14.2 Å². The van der Waals surface area contributed by atoms with Crippen LogP contribution < -0.4 is 10.1 Å². The van der Waals surface area contributed by atoms with Gasteiger partial charge in [0.2, 0.25) is 11.8 Å². The number of nitrogens with one attached hydrogen (secondary N) is 1. The van der Waals surface area contributed by atoms with Crippen molar-refractivity contribution in [3.63, 3.8) is 0 Å². The predicted molar refractivity (Wildman–Crippen MR) is 106 cm³/mol. The van der Waals surface area contributed by atoms with Crippen LogP contribution in [0, 0.1) is 0 Å². The summed E-state index contributed by atoms with van der Waals surface area (Å²) < 4.78 is 5.19. The van der Waals surface area contributed by atoms with E-state index in [9.17, 15) is 9.59 Å². The molecule has 2 amide bonds. The second kappa shape index (κ2) is 10.4. The molecule has 2 aromatic carbocycles. The van der Waals surface area contributed by atoms with Gasteiger partial charge in [-0.05, 0) is 36.1 Å². The third kappa shape index (κ3) is 5.84. The molecule has 0 aromatic heterocycles. The smallest absolute Gasteiger partial charge is 0.242 e. The lowest BCUT2D eigenvalue weighted by Crippen LogP contribution is -2.48. The zero-order chi connectivity index (χ0) is 19.6. The van der Waals surface area contributed by atoms with Gasteiger partial charge < -0.3 is 15.0 Å². The molecule has 144 valence electrons. The van der Waals surface area contributed by atoms with Crippen molar-refractivity contribution in [3.8, 4) is 5.75 Å². The first-order valence-electron chi connectivity index (χ1n) is 9.27. The molecule has 0 spiro atoms. The minimum atomic E-state index is -0.486. The second-order valence-corrected chi connectivity index (χ2v) is 6.39. The molecule has 0 fully saturated rings. The first kappa shape index (κ1) is 20.5. The Balaban J connectivity index is 2.16. The number of hydrogen-bond acceptors (Lipinski definition) is 3. The van der Waals surface area contributed by atoms with Crippen LogP contribution >= 0.6 is 0 Å². The molecule has 0 aliphatic carbocycles. The number of rotatable bonds is 9. The minimum Gasteiger partial charge on any atom is -0.497 e. The highest BCUT2D eigenvalue weighted by atomic mass is 16.5. The molecule has 2 aromatic rings. The maximum Gasteiger partial charge on any atom is 0.242 e. The molecule has 5 nitrogen and oxygen atoms in total. The van der Waals surface area contributed by atoms with Crippen molar-refractivity contribution in [3.05, 3.63) is 65.7 Å². The Kier molecular flexibility index (Phi) is 7.86. The number of nitrogens with zero attached hydrogens (tertiary/aromatic N) is 1. The molecule has 1 N–H and O–H groups in total. The Labute approximate surface area is 161 Å². The third-order valence-corrected chi connectivity index (χ3v) is 4.61. The van der Waals surface area contributed by atoms with Crippen LogP contribution in [0.1, 0.15) is 30.9 Å². The number of aryl methyl sites for hydroxylation is 1. The molecule has 27 heavy (non-hydrogen) atoms. The molecular formula is C22H28N2O3. The Morgan fingerprint density at radius 2 is 1.70 bits per heavy atom. The number of carbonyl (C=O) groups is 2. The summed E-state index contributed by atoms with van der Waals surface area (Å²) in [6.45, 7) is 2.31. The summed E-state index contributed by atoms with van der Waals surface area (Å²) >= 11 is 0. The molecule has 0 bridgehead atoms. The maximum atomic E-state index is 13.0. The third-order valence-electron chi connectivity index (χ3n) is 4.61. The van der Waals surface area contributed by atoms with Crippen molar-refractivity contribution >= 4 is 11.8 Å². The summed E-state index contributed by atoms with van der Waals surface area (Å²) in [4.78, 5) is 27.0. The molecule has 5 heteroatoms. The molecule has 0 radical (unpaired) electrons. The van der Waals surface area contributed by atoms with Gasteiger partial charge in [0, 0.05) is 20.0 Å². The topological polar surface area (TPSA) is 58.6 Å². The number of amides is 2. The van der Waals surface area contributed by atoms with E-state index in [1.807, 2.05) is 61.5 Å². The number of benzene rings is 2. The van der Waals surface area contributed by atoms with E-state index < -0.39 is 6.04 Å². The van der Waals surface area contributed by atoms with Gasteiger partial charge >= 0.3 is 0 Å². The summed E-state index contributed by atoms with van der Waals surface area (Å²) in [6, 6.07) is 17.0. The largest absolute Gasteiger partial charge is 0.497 e. The lowest BCUT2D eigenvalue weighted by atomic mass is 10.1. The zero-order valence-corrected chi connectivity index (χ0v) is 16.3. The maximum absolute atomic E-state index is 13.0. The van der Waals surface area contributed by atoms with Gasteiger partial charge in [0.15, 0.2) is 0 Å². The monoisotopic (exact) mass is 368 g/mol. The van der Waals surface area contributed by atoms with E-state index in [0.717, 1.165) is 16.9 Å². The summed E-state index contributed by atoms with van der Waals surface area (Å²) in [5.41, 5.74) is 2.08. The van der Waals surface area contributed by atoms with E-state index in [4.69, 9.17) is 4.74 Å². The summed E-state index contributed by atoms with van der Waals surface area (Å²) in [7, 11) is 3.22. The fraction of sp³-hybridized carbons (Fsp3) is 0.364. The number of ether oxygens (including phenoxy) is 1. The first-order chi connectivity index (χ1) is 13.1. The van der Waals surface area contributed by atoms with Crippen molar-refractivity contribution < 1.29 is 14.3 Å². The Morgan fingerprint density at radius 3 is 2.26 bits per heavy atom. The lowest BCUT2D eigenvalue weighted by molar-refractivity contribution is -0.141. The van der Waals surface area contributed by atoms with E-state index in [1.165, 1.54) is 0 Å².